The number of nitrogens with zero attached hydrogens (tertiary/aromatic N) is 4. The molecule has 1 aliphatic rings. The molecule has 2 heterocycles. The second-order valence-corrected chi connectivity index (χ2v) is 5.57. The molecular weight excluding hydrogens is 272 g/mol. The van der Waals surface area contributed by atoms with Gasteiger partial charge in [-0.25, -0.2) is 4.98 Å². The Bertz CT molecular complexity index is 822. The van der Waals surface area contributed by atoms with Gasteiger partial charge in [-0.05, 0) is 43.4 Å². The summed E-state index contributed by atoms with van der Waals surface area (Å²) >= 11 is 5.96. The zero-order valence-corrected chi connectivity index (χ0v) is 11.9. The van der Waals surface area contributed by atoms with E-state index in [-0.39, 0.29) is 0 Å². The van der Waals surface area contributed by atoms with Gasteiger partial charge in [0.15, 0.2) is 11.5 Å². The van der Waals surface area contributed by atoms with E-state index in [0.717, 1.165) is 29.3 Å². The molecule has 5 heteroatoms. The lowest BCUT2D eigenvalue weighted by molar-refractivity contribution is 0.911. The maximum atomic E-state index is 5.96. The number of hydrogen-bond donors (Lipinski definition) is 0. The van der Waals surface area contributed by atoms with Crippen molar-refractivity contribution >= 4 is 17.2 Å². The third-order valence-corrected chi connectivity index (χ3v) is 4.08. The van der Waals surface area contributed by atoms with Crippen molar-refractivity contribution < 1.29 is 0 Å². The van der Waals surface area contributed by atoms with Gasteiger partial charge in [0.05, 0.1) is 0 Å². The van der Waals surface area contributed by atoms with Gasteiger partial charge in [-0.3, -0.25) is 4.40 Å². The number of hydrogen-bond acceptors (Lipinski definition) is 3. The van der Waals surface area contributed by atoms with E-state index in [4.69, 9.17) is 11.6 Å². The van der Waals surface area contributed by atoms with E-state index in [1.54, 1.807) is 6.07 Å². The topological polar surface area (TPSA) is 43.1 Å². The Morgan fingerprint density at radius 1 is 1.10 bits per heavy atom. The molecule has 0 amide bonds. The van der Waals surface area contributed by atoms with Gasteiger partial charge < -0.3 is 0 Å². The normalized spacial score (nSPS) is 13.9. The van der Waals surface area contributed by atoms with E-state index in [1.165, 1.54) is 24.0 Å². The Hall–Kier alpha value is -1.94. The van der Waals surface area contributed by atoms with Crippen LogP contribution in [0.4, 0.5) is 0 Å². The van der Waals surface area contributed by atoms with Crippen molar-refractivity contribution in [2.75, 3.05) is 0 Å². The average molecular weight is 285 g/mol. The van der Waals surface area contributed by atoms with Crippen LogP contribution in [0.5, 0.6) is 0 Å². The molecule has 0 radical (unpaired) electrons. The first kappa shape index (κ1) is 11.9. The maximum Gasteiger partial charge on any atom is 0.169 e. The molecule has 0 atom stereocenters. The van der Waals surface area contributed by atoms with Crippen LogP contribution in [0.2, 0.25) is 5.15 Å². The Morgan fingerprint density at radius 2 is 1.95 bits per heavy atom. The van der Waals surface area contributed by atoms with Crippen LogP contribution in [0.15, 0.2) is 24.3 Å². The van der Waals surface area contributed by atoms with Crippen LogP contribution in [0.1, 0.15) is 23.4 Å². The molecule has 4 rings (SSSR count). The first-order valence-electron chi connectivity index (χ1n) is 6.73. The molecule has 0 spiro atoms. The van der Waals surface area contributed by atoms with Crippen LogP contribution in [-0.2, 0) is 12.8 Å². The molecule has 4 nitrogen and oxygen atoms in total. The second kappa shape index (κ2) is 4.28. The number of aromatic nitrogens is 4. The first-order valence-corrected chi connectivity index (χ1v) is 7.10. The Balaban J connectivity index is 1.94. The summed E-state index contributed by atoms with van der Waals surface area (Å²) in [6.07, 6.45) is 3.59. The van der Waals surface area contributed by atoms with Gasteiger partial charge in [0.25, 0.3) is 0 Å². The summed E-state index contributed by atoms with van der Waals surface area (Å²) in [5.74, 6) is 1.63. The fraction of sp³-hybridized carbons (Fsp3) is 0.267. The van der Waals surface area contributed by atoms with E-state index in [0.29, 0.717) is 5.15 Å². The predicted octanol–water partition coefficient (Wildman–Crippen LogP) is 3.24. The zero-order valence-electron chi connectivity index (χ0n) is 11.1. The van der Waals surface area contributed by atoms with Crippen LogP contribution in [-0.4, -0.2) is 19.6 Å². The van der Waals surface area contributed by atoms with Gasteiger partial charge in [-0.2, -0.15) is 0 Å². The summed E-state index contributed by atoms with van der Waals surface area (Å²) in [4.78, 5) is 4.28. The second-order valence-electron chi connectivity index (χ2n) is 5.18. The van der Waals surface area contributed by atoms with Gasteiger partial charge in [0.1, 0.15) is 11.0 Å². The van der Waals surface area contributed by atoms with Crippen LogP contribution < -0.4 is 0 Å². The van der Waals surface area contributed by atoms with Gasteiger partial charge in [-0.1, -0.05) is 23.7 Å². The molecule has 0 saturated heterocycles. The van der Waals surface area contributed by atoms with E-state index >= 15 is 0 Å². The molecular formula is C15H13ClN4. The minimum Gasteiger partial charge on any atom is -0.263 e. The summed E-state index contributed by atoms with van der Waals surface area (Å²) in [5, 5.41) is 8.95. The number of aryl methyl sites for hydroxylation is 3. The number of benzene rings is 1. The van der Waals surface area contributed by atoms with Crippen molar-refractivity contribution in [1.29, 1.82) is 0 Å². The smallest absolute Gasteiger partial charge is 0.169 e. The Kier molecular flexibility index (Phi) is 2.54. The molecule has 0 saturated carbocycles. The number of rotatable bonds is 1. The van der Waals surface area contributed by atoms with Crippen LogP contribution >= 0.6 is 11.6 Å². The SMILES string of the molecule is Cc1nc(Cl)cc2nnc(-c3ccc4c(c3)CCC4)n12. The summed E-state index contributed by atoms with van der Waals surface area (Å²) < 4.78 is 1.95. The molecule has 100 valence electrons. The molecule has 0 aliphatic heterocycles. The minimum atomic E-state index is 0.447. The molecule has 2 aromatic heterocycles. The van der Waals surface area contributed by atoms with Gasteiger partial charge in [0, 0.05) is 11.6 Å². The van der Waals surface area contributed by atoms with Gasteiger partial charge in [0.2, 0.25) is 0 Å². The minimum absolute atomic E-state index is 0.447. The molecule has 20 heavy (non-hydrogen) atoms. The van der Waals surface area contributed by atoms with E-state index in [2.05, 4.69) is 33.4 Å². The lowest BCUT2D eigenvalue weighted by atomic mass is 10.1. The standard InChI is InChI=1S/C15H13ClN4/c1-9-17-13(16)8-14-18-19-15(20(9)14)12-6-5-10-3-2-4-11(10)7-12/h5-8H,2-4H2,1H3. The summed E-state index contributed by atoms with van der Waals surface area (Å²) in [6, 6.07) is 8.29. The van der Waals surface area contributed by atoms with Crippen molar-refractivity contribution in [3.63, 3.8) is 0 Å². The van der Waals surface area contributed by atoms with Crippen molar-refractivity contribution in [3.8, 4) is 11.4 Å². The highest BCUT2D eigenvalue weighted by molar-refractivity contribution is 6.29. The monoisotopic (exact) mass is 284 g/mol. The molecule has 3 aromatic rings. The molecule has 0 bridgehead atoms. The summed E-state index contributed by atoms with van der Waals surface area (Å²) in [7, 11) is 0. The van der Waals surface area contributed by atoms with Crippen molar-refractivity contribution in [2.45, 2.75) is 26.2 Å². The summed E-state index contributed by atoms with van der Waals surface area (Å²) in [5.41, 5.74) is 4.71. The highest BCUT2D eigenvalue weighted by Gasteiger charge is 2.15. The van der Waals surface area contributed by atoms with Crippen LogP contribution in [0, 0.1) is 6.92 Å². The third kappa shape index (κ3) is 1.72. The lowest BCUT2D eigenvalue weighted by Gasteiger charge is -2.06. The fourth-order valence-electron chi connectivity index (χ4n) is 2.95. The van der Waals surface area contributed by atoms with E-state index in [1.807, 2.05) is 11.3 Å². The van der Waals surface area contributed by atoms with Crippen LogP contribution in [0.25, 0.3) is 17.0 Å². The van der Waals surface area contributed by atoms with Crippen LogP contribution in [0.3, 0.4) is 0 Å². The van der Waals surface area contributed by atoms with Crippen molar-refractivity contribution in [1.82, 2.24) is 19.6 Å². The maximum absolute atomic E-state index is 5.96. The molecule has 0 N–H and O–H groups in total. The lowest BCUT2D eigenvalue weighted by Crippen LogP contribution is -1.98. The highest BCUT2D eigenvalue weighted by Crippen LogP contribution is 2.28. The molecule has 0 unspecified atom stereocenters. The van der Waals surface area contributed by atoms with E-state index in [9.17, 15) is 0 Å². The highest BCUT2D eigenvalue weighted by atomic mass is 35.5. The Labute approximate surface area is 121 Å². The average Bonchev–Trinajstić information content (AvgIpc) is 3.03. The van der Waals surface area contributed by atoms with Gasteiger partial charge >= 0.3 is 0 Å². The molecule has 1 aliphatic carbocycles. The third-order valence-electron chi connectivity index (χ3n) is 3.89. The zero-order chi connectivity index (χ0) is 13.7. The van der Waals surface area contributed by atoms with Gasteiger partial charge in [-0.15, -0.1) is 10.2 Å². The summed E-state index contributed by atoms with van der Waals surface area (Å²) in [6.45, 7) is 1.92. The fourth-order valence-corrected chi connectivity index (χ4v) is 3.17. The number of fused-ring (bicyclic) bond motifs is 2. The Morgan fingerprint density at radius 3 is 2.85 bits per heavy atom. The van der Waals surface area contributed by atoms with E-state index < -0.39 is 0 Å². The number of halogens is 1. The molecule has 0 fully saturated rings. The van der Waals surface area contributed by atoms with Crippen molar-refractivity contribution in [2.24, 2.45) is 0 Å². The molecule has 1 aromatic carbocycles. The first-order chi connectivity index (χ1) is 9.72. The quantitative estimate of drug-likeness (QED) is 0.644. The predicted molar refractivity (Wildman–Crippen MR) is 78.0 cm³/mol. The largest absolute Gasteiger partial charge is 0.263 e. The van der Waals surface area contributed by atoms with Crippen molar-refractivity contribution in [3.05, 3.63) is 46.4 Å².